The van der Waals surface area contributed by atoms with E-state index < -0.39 is 0 Å². The summed E-state index contributed by atoms with van der Waals surface area (Å²) in [7, 11) is 1.70. The standard InChI is InChI=1S/C8H16O/c1-3-4-5-6-7-8-9-2/h8H,1,3-7H2,2H3. The van der Waals surface area contributed by atoms with Crippen molar-refractivity contribution in [1.82, 2.24) is 0 Å². The van der Waals surface area contributed by atoms with E-state index in [2.05, 4.69) is 6.92 Å². The molecule has 0 saturated carbocycles. The van der Waals surface area contributed by atoms with Crippen LogP contribution in [0.15, 0.2) is 0 Å². The van der Waals surface area contributed by atoms with Gasteiger partial charge in [-0.25, -0.2) is 0 Å². The number of methoxy groups -OCH3 is 1. The Hall–Kier alpha value is -0.0400. The molecule has 0 aliphatic rings. The fourth-order valence-corrected chi connectivity index (χ4v) is 0.699. The molecule has 0 unspecified atom stereocenters. The van der Waals surface area contributed by atoms with Crippen LogP contribution in [-0.2, 0) is 4.74 Å². The van der Waals surface area contributed by atoms with Gasteiger partial charge in [-0.1, -0.05) is 32.6 Å². The van der Waals surface area contributed by atoms with Crippen LogP contribution in [-0.4, -0.2) is 7.11 Å². The molecule has 0 aliphatic heterocycles. The van der Waals surface area contributed by atoms with Crippen molar-refractivity contribution in [3.63, 3.8) is 0 Å². The average molecular weight is 128 g/mol. The van der Waals surface area contributed by atoms with E-state index in [4.69, 9.17) is 4.74 Å². The van der Waals surface area contributed by atoms with E-state index in [1.807, 2.05) is 6.61 Å². The first kappa shape index (κ1) is 8.96. The van der Waals surface area contributed by atoms with Crippen LogP contribution in [0.25, 0.3) is 0 Å². The largest absolute Gasteiger partial charge is 0.379 e. The number of hydrogen-bond donors (Lipinski definition) is 0. The number of unbranched alkanes of at least 4 members (excludes halogenated alkanes) is 4. The summed E-state index contributed by atoms with van der Waals surface area (Å²) in [6, 6.07) is 0. The summed E-state index contributed by atoms with van der Waals surface area (Å²) in [4.78, 5) is 0. The third-order valence-corrected chi connectivity index (χ3v) is 1.24. The molecule has 0 saturated heterocycles. The molecule has 1 heteroatoms. The molecule has 9 heavy (non-hydrogen) atoms. The van der Waals surface area contributed by atoms with Gasteiger partial charge in [0.15, 0.2) is 0 Å². The monoisotopic (exact) mass is 128 g/mol. The van der Waals surface area contributed by atoms with Gasteiger partial charge in [0.05, 0.1) is 6.61 Å². The predicted molar refractivity (Wildman–Crippen MR) is 39.8 cm³/mol. The van der Waals surface area contributed by atoms with Crippen LogP contribution >= 0.6 is 0 Å². The van der Waals surface area contributed by atoms with Crippen molar-refractivity contribution < 1.29 is 4.74 Å². The molecule has 0 rings (SSSR count). The zero-order valence-electron chi connectivity index (χ0n) is 6.23. The zero-order valence-corrected chi connectivity index (χ0v) is 6.23. The first-order valence-corrected chi connectivity index (χ1v) is 3.55. The summed E-state index contributed by atoms with van der Waals surface area (Å²) < 4.78 is 4.78. The van der Waals surface area contributed by atoms with E-state index in [-0.39, 0.29) is 0 Å². The molecule has 1 nitrogen and oxygen atoms in total. The Labute approximate surface area is 58.4 Å². The maximum absolute atomic E-state index is 4.78. The van der Waals surface area contributed by atoms with E-state index in [1.54, 1.807) is 7.11 Å². The highest BCUT2D eigenvalue weighted by Crippen LogP contribution is 2.03. The fourth-order valence-electron chi connectivity index (χ4n) is 0.699. The smallest absolute Gasteiger partial charge is 0.0832 e. The van der Waals surface area contributed by atoms with Crippen molar-refractivity contribution >= 4 is 0 Å². The molecule has 0 fully saturated rings. The molecule has 0 aromatic heterocycles. The molecule has 0 aliphatic carbocycles. The Morgan fingerprint density at radius 3 is 2.67 bits per heavy atom. The molecular weight excluding hydrogens is 112 g/mol. The summed E-state index contributed by atoms with van der Waals surface area (Å²) >= 11 is 0. The van der Waals surface area contributed by atoms with Crippen LogP contribution in [0, 0.1) is 13.5 Å². The maximum Gasteiger partial charge on any atom is 0.0832 e. The molecular formula is C8H16O. The fraction of sp³-hybridized carbons (Fsp3) is 0.750. The normalized spacial score (nSPS) is 10.0. The Balaban J connectivity index is 2.60. The minimum atomic E-state index is 1.06. The van der Waals surface area contributed by atoms with E-state index in [0.717, 1.165) is 12.8 Å². The van der Waals surface area contributed by atoms with Gasteiger partial charge >= 0.3 is 0 Å². The lowest BCUT2D eigenvalue weighted by atomic mass is 10.2. The van der Waals surface area contributed by atoms with E-state index in [9.17, 15) is 0 Å². The predicted octanol–water partition coefficient (Wildman–Crippen LogP) is 2.58. The first-order chi connectivity index (χ1) is 4.41. The van der Waals surface area contributed by atoms with Crippen molar-refractivity contribution in [3.05, 3.63) is 13.5 Å². The molecule has 2 radical (unpaired) electrons. The van der Waals surface area contributed by atoms with Gasteiger partial charge in [0.1, 0.15) is 0 Å². The third kappa shape index (κ3) is 7.96. The third-order valence-electron chi connectivity index (χ3n) is 1.24. The van der Waals surface area contributed by atoms with E-state index in [0.29, 0.717) is 0 Å². The van der Waals surface area contributed by atoms with Gasteiger partial charge in [-0.15, -0.1) is 0 Å². The van der Waals surface area contributed by atoms with Gasteiger partial charge in [0.2, 0.25) is 0 Å². The highest BCUT2D eigenvalue weighted by molar-refractivity contribution is 4.51. The Morgan fingerprint density at radius 1 is 1.33 bits per heavy atom. The van der Waals surface area contributed by atoms with Crippen molar-refractivity contribution in [2.45, 2.75) is 32.1 Å². The van der Waals surface area contributed by atoms with Crippen LogP contribution < -0.4 is 0 Å². The van der Waals surface area contributed by atoms with E-state index in [1.165, 1.54) is 19.3 Å². The van der Waals surface area contributed by atoms with Gasteiger partial charge in [0.25, 0.3) is 0 Å². The lowest BCUT2D eigenvalue weighted by molar-refractivity contribution is 0.262. The Kier molecular flexibility index (Phi) is 7.92. The van der Waals surface area contributed by atoms with Crippen molar-refractivity contribution in [2.75, 3.05) is 7.11 Å². The molecule has 0 aromatic carbocycles. The Morgan fingerprint density at radius 2 is 2.11 bits per heavy atom. The molecule has 0 heterocycles. The van der Waals surface area contributed by atoms with Gasteiger partial charge in [-0.3, -0.25) is 0 Å². The second kappa shape index (κ2) is 7.96. The highest BCUT2D eigenvalue weighted by atomic mass is 16.5. The molecule has 0 atom stereocenters. The van der Waals surface area contributed by atoms with Crippen LogP contribution in [0.2, 0.25) is 0 Å². The second-order valence-electron chi connectivity index (χ2n) is 2.11. The number of hydrogen-bond acceptors (Lipinski definition) is 1. The number of rotatable bonds is 6. The lowest BCUT2D eigenvalue weighted by Gasteiger charge is -1.96. The summed E-state index contributed by atoms with van der Waals surface area (Å²) in [5, 5.41) is 0. The van der Waals surface area contributed by atoms with Crippen LogP contribution in [0.1, 0.15) is 32.1 Å². The summed E-state index contributed by atoms with van der Waals surface area (Å²) in [6.07, 6.45) is 5.91. The average Bonchev–Trinajstić information content (AvgIpc) is 1.89. The lowest BCUT2D eigenvalue weighted by Crippen LogP contribution is -1.80. The highest BCUT2D eigenvalue weighted by Gasteiger charge is 1.86. The molecule has 0 amide bonds. The molecule has 54 valence electrons. The Bertz CT molecular complexity index is 37.8. The summed E-state index contributed by atoms with van der Waals surface area (Å²) in [5.41, 5.74) is 0. The van der Waals surface area contributed by atoms with Crippen molar-refractivity contribution in [2.24, 2.45) is 0 Å². The van der Waals surface area contributed by atoms with Crippen LogP contribution in [0.3, 0.4) is 0 Å². The molecule has 0 aromatic rings. The minimum Gasteiger partial charge on any atom is -0.379 e. The van der Waals surface area contributed by atoms with Gasteiger partial charge in [-0.2, -0.15) is 0 Å². The zero-order chi connectivity index (χ0) is 6.95. The summed E-state index contributed by atoms with van der Waals surface area (Å²) in [5.74, 6) is 0. The van der Waals surface area contributed by atoms with E-state index >= 15 is 0 Å². The first-order valence-electron chi connectivity index (χ1n) is 3.55. The minimum absolute atomic E-state index is 1.06. The van der Waals surface area contributed by atoms with Crippen LogP contribution in [0.5, 0.6) is 0 Å². The summed E-state index contributed by atoms with van der Waals surface area (Å²) in [6.45, 7) is 5.61. The molecule has 0 spiro atoms. The SMILES string of the molecule is [CH2]CCCCC[CH]OC. The van der Waals surface area contributed by atoms with Crippen molar-refractivity contribution in [3.8, 4) is 0 Å². The van der Waals surface area contributed by atoms with Gasteiger partial charge in [0, 0.05) is 7.11 Å². The maximum atomic E-state index is 4.78. The van der Waals surface area contributed by atoms with Crippen molar-refractivity contribution in [1.29, 1.82) is 0 Å². The molecule has 0 N–H and O–H groups in total. The second-order valence-corrected chi connectivity index (χ2v) is 2.11. The topological polar surface area (TPSA) is 9.23 Å². The number of ether oxygens (including phenoxy) is 1. The van der Waals surface area contributed by atoms with Crippen LogP contribution in [0.4, 0.5) is 0 Å². The van der Waals surface area contributed by atoms with Gasteiger partial charge in [-0.05, 0) is 6.42 Å². The molecule has 0 bridgehead atoms. The quantitative estimate of drug-likeness (QED) is 0.499. The van der Waals surface area contributed by atoms with Gasteiger partial charge < -0.3 is 4.74 Å².